The van der Waals surface area contributed by atoms with Gasteiger partial charge in [0.2, 0.25) is 0 Å². The van der Waals surface area contributed by atoms with Crippen LogP contribution in [0.4, 0.5) is 5.82 Å². The van der Waals surface area contributed by atoms with E-state index in [1.807, 2.05) is 35.3 Å². The Morgan fingerprint density at radius 3 is 3.00 bits per heavy atom. The summed E-state index contributed by atoms with van der Waals surface area (Å²) in [5.74, 6) is 0.834. The molecule has 6 heteroatoms. The number of hydrogen-bond donors (Lipinski definition) is 1. The van der Waals surface area contributed by atoms with E-state index in [2.05, 4.69) is 27.3 Å². The van der Waals surface area contributed by atoms with E-state index < -0.39 is 0 Å². The first-order valence-electron chi connectivity index (χ1n) is 5.71. The van der Waals surface area contributed by atoms with Gasteiger partial charge in [-0.3, -0.25) is 0 Å². The normalized spacial score (nSPS) is 12.8. The average Bonchev–Trinajstić information content (AvgIpc) is 2.96. The molecule has 3 aromatic rings. The van der Waals surface area contributed by atoms with Crippen molar-refractivity contribution in [1.82, 2.24) is 19.6 Å². The smallest absolute Gasteiger partial charge is 0.152 e. The minimum Gasteiger partial charge on any atom is -0.359 e. The summed E-state index contributed by atoms with van der Waals surface area (Å²) in [5.41, 5.74) is 1.96. The summed E-state index contributed by atoms with van der Waals surface area (Å²) < 4.78 is 1.83. The molecule has 1 N–H and O–H groups in total. The average molecular weight is 259 g/mol. The van der Waals surface area contributed by atoms with Gasteiger partial charge in [0.15, 0.2) is 5.82 Å². The Bertz CT molecular complexity index is 658. The van der Waals surface area contributed by atoms with Crippen molar-refractivity contribution in [3.63, 3.8) is 0 Å². The largest absolute Gasteiger partial charge is 0.359 e. The molecule has 0 radical (unpaired) electrons. The number of rotatable bonds is 3. The molecule has 1 atom stereocenters. The Morgan fingerprint density at radius 2 is 2.22 bits per heavy atom. The summed E-state index contributed by atoms with van der Waals surface area (Å²) in [5, 5.41) is 10.8. The quantitative estimate of drug-likeness (QED) is 0.785. The molecule has 0 saturated carbocycles. The molecule has 92 valence electrons. The van der Waals surface area contributed by atoms with E-state index in [9.17, 15) is 0 Å². The Labute approximate surface area is 109 Å². The first kappa shape index (κ1) is 11.2. The monoisotopic (exact) mass is 259 g/mol. The predicted molar refractivity (Wildman–Crippen MR) is 71.9 cm³/mol. The Kier molecular flexibility index (Phi) is 2.71. The molecule has 1 unspecified atom stereocenters. The molecule has 0 saturated heterocycles. The van der Waals surface area contributed by atoms with Crippen LogP contribution in [-0.2, 0) is 0 Å². The van der Waals surface area contributed by atoms with E-state index >= 15 is 0 Å². The van der Waals surface area contributed by atoms with Gasteiger partial charge < -0.3 is 5.32 Å². The molecule has 0 aliphatic heterocycles. The Morgan fingerprint density at radius 1 is 1.33 bits per heavy atom. The lowest BCUT2D eigenvalue weighted by Crippen LogP contribution is -2.08. The first-order chi connectivity index (χ1) is 8.74. The first-order valence-corrected chi connectivity index (χ1v) is 6.59. The van der Waals surface area contributed by atoms with Gasteiger partial charge in [0.1, 0.15) is 10.5 Å². The Hall–Kier alpha value is -1.95. The van der Waals surface area contributed by atoms with Crippen LogP contribution in [0.1, 0.15) is 23.7 Å². The van der Waals surface area contributed by atoms with Crippen LogP contribution in [-0.4, -0.2) is 19.6 Å². The second-order valence-corrected chi connectivity index (χ2v) is 5.05. The third-order valence-corrected chi connectivity index (χ3v) is 3.65. The van der Waals surface area contributed by atoms with Crippen LogP contribution >= 0.6 is 11.3 Å². The van der Waals surface area contributed by atoms with Gasteiger partial charge in [0, 0.05) is 24.0 Å². The van der Waals surface area contributed by atoms with E-state index in [1.54, 1.807) is 17.5 Å². The molecule has 3 heterocycles. The fourth-order valence-electron chi connectivity index (χ4n) is 1.87. The number of fused-ring (bicyclic) bond motifs is 1. The highest BCUT2D eigenvalue weighted by Gasteiger charge is 2.11. The number of nitrogens with zero attached hydrogens (tertiary/aromatic N) is 4. The third-order valence-electron chi connectivity index (χ3n) is 2.69. The van der Waals surface area contributed by atoms with Crippen molar-refractivity contribution in [2.24, 2.45) is 0 Å². The van der Waals surface area contributed by atoms with Crippen molar-refractivity contribution < 1.29 is 0 Å². The van der Waals surface area contributed by atoms with Crippen LogP contribution in [0, 0.1) is 6.92 Å². The zero-order chi connectivity index (χ0) is 12.5. The van der Waals surface area contributed by atoms with Gasteiger partial charge >= 0.3 is 0 Å². The van der Waals surface area contributed by atoms with Crippen molar-refractivity contribution in [3.8, 4) is 0 Å². The third kappa shape index (κ3) is 1.95. The summed E-state index contributed by atoms with van der Waals surface area (Å²) in [7, 11) is 0. The standard InChI is InChI=1S/C12H13N5S/c1-8-7-10-11(13-3-5-17(10)16-8)15-9(2)12-14-4-6-18-12/h3-7,9H,1-2H3,(H,13,15). The topological polar surface area (TPSA) is 55.1 Å². The number of nitrogens with one attached hydrogen (secondary N) is 1. The molecule has 0 aromatic carbocycles. The van der Waals surface area contributed by atoms with Crippen LogP contribution in [0.15, 0.2) is 30.0 Å². The molecule has 3 rings (SSSR count). The second kappa shape index (κ2) is 4.38. The van der Waals surface area contributed by atoms with Gasteiger partial charge in [0.25, 0.3) is 0 Å². The number of anilines is 1. The van der Waals surface area contributed by atoms with Crippen molar-refractivity contribution >= 4 is 22.7 Å². The Balaban J connectivity index is 1.95. The lowest BCUT2D eigenvalue weighted by molar-refractivity contribution is 0.853. The second-order valence-electron chi connectivity index (χ2n) is 4.13. The molecule has 0 bridgehead atoms. The van der Waals surface area contributed by atoms with Gasteiger partial charge in [0.05, 0.1) is 11.7 Å². The van der Waals surface area contributed by atoms with E-state index in [4.69, 9.17) is 0 Å². The van der Waals surface area contributed by atoms with Gasteiger partial charge in [-0.15, -0.1) is 11.3 Å². The minimum atomic E-state index is 0.138. The van der Waals surface area contributed by atoms with Gasteiger partial charge in [-0.05, 0) is 19.9 Å². The SMILES string of the molecule is Cc1cc2c(NC(C)c3nccs3)nccn2n1. The zero-order valence-corrected chi connectivity index (χ0v) is 11.0. The number of thiazole rings is 1. The summed E-state index contributed by atoms with van der Waals surface area (Å²) in [6.45, 7) is 4.05. The lowest BCUT2D eigenvalue weighted by atomic mass is 10.3. The molecule has 0 amide bonds. The predicted octanol–water partition coefficient (Wildman–Crippen LogP) is 2.67. The molecule has 3 aromatic heterocycles. The number of aryl methyl sites for hydroxylation is 1. The molecule has 0 fully saturated rings. The highest BCUT2D eigenvalue weighted by molar-refractivity contribution is 7.09. The van der Waals surface area contributed by atoms with E-state index in [1.165, 1.54) is 0 Å². The van der Waals surface area contributed by atoms with E-state index in [0.717, 1.165) is 22.0 Å². The maximum Gasteiger partial charge on any atom is 0.152 e. The van der Waals surface area contributed by atoms with Crippen LogP contribution in [0.3, 0.4) is 0 Å². The lowest BCUT2D eigenvalue weighted by Gasteiger charge is -2.12. The summed E-state index contributed by atoms with van der Waals surface area (Å²) in [6, 6.07) is 2.16. The maximum atomic E-state index is 4.37. The van der Waals surface area contributed by atoms with Crippen LogP contribution < -0.4 is 5.32 Å². The number of hydrogen-bond acceptors (Lipinski definition) is 5. The number of aromatic nitrogens is 4. The van der Waals surface area contributed by atoms with Crippen LogP contribution in [0.5, 0.6) is 0 Å². The highest BCUT2D eigenvalue weighted by atomic mass is 32.1. The van der Waals surface area contributed by atoms with E-state index in [0.29, 0.717) is 0 Å². The molecular formula is C12H13N5S. The van der Waals surface area contributed by atoms with Crippen molar-refractivity contribution in [1.29, 1.82) is 0 Å². The van der Waals surface area contributed by atoms with Gasteiger partial charge in [-0.25, -0.2) is 14.5 Å². The molecule has 18 heavy (non-hydrogen) atoms. The molecule has 0 aliphatic rings. The fourth-order valence-corrected chi connectivity index (χ4v) is 2.52. The zero-order valence-electron chi connectivity index (χ0n) is 10.2. The molecule has 0 aliphatic carbocycles. The van der Waals surface area contributed by atoms with Gasteiger partial charge in [-0.2, -0.15) is 5.10 Å². The van der Waals surface area contributed by atoms with Crippen molar-refractivity contribution in [3.05, 3.63) is 40.7 Å². The summed E-state index contributed by atoms with van der Waals surface area (Å²) in [4.78, 5) is 8.68. The summed E-state index contributed by atoms with van der Waals surface area (Å²) >= 11 is 1.64. The molecular weight excluding hydrogens is 246 g/mol. The van der Waals surface area contributed by atoms with Crippen LogP contribution in [0.25, 0.3) is 5.52 Å². The van der Waals surface area contributed by atoms with Gasteiger partial charge in [-0.1, -0.05) is 0 Å². The summed E-state index contributed by atoms with van der Waals surface area (Å²) in [6.07, 6.45) is 5.41. The maximum absolute atomic E-state index is 4.37. The van der Waals surface area contributed by atoms with Crippen molar-refractivity contribution in [2.45, 2.75) is 19.9 Å². The van der Waals surface area contributed by atoms with Crippen molar-refractivity contribution in [2.75, 3.05) is 5.32 Å². The van der Waals surface area contributed by atoms with Crippen LogP contribution in [0.2, 0.25) is 0 Å². The molecule has 0 spiro atoms. The van der Waals surface area contributed by atoms with E-state index in [-0.39, 0.29) is 6.04 Å². The minimum absolute atomic E-state index is 0.138. The molecule has 5 nitrogen and oxygen atoms in total. The highest BCUT2D eigenvalue weighted by Crippen LogP contribution is 2.22. The fraction of sp³-hybridized carbons (Fsp3) is 0.250.